The Hall–Kier alpha value is -5.95. The Morgan fingerprint density at radius 1 is 0.667 bits per heavy atom. The van der Waals surface area contributed by atoms with Gasteiger partial charge in [-0.1, -0.05) is 109 Å². The van der Waals surface area contributed by atoms with Crippen molar-refractivity contribution in [1.29, 1.82) is 0 Å². The third kappa shape index (κ3) is 4.61. The first kappa shape index (κ1) is 29.9. The number of hydrogen-bond acceptors (Lipinski definition) is 6. The molecule has 1 N–H and O–H groups in total. The molecule has 4 nitrogen and oxygen atoms in total. The number of para-hydroxylation sites is 2. The maximum atomic E-state index is 6.18. The second-order valence-corrected chi connectivity index (χ2v) is 14.7. The van der Waals surface area contributed by atoms with Crippen molar-refractivity contribution in [2.45, 2.75) is 4.90 Å². The zero-order valence-corrected chi connectivity index (χ0v) is 29.2. The summed E-state index contributed by atoms with van der Waals surface area (Å²) in [6, 6.07) is 49.0. The zero-order chi connectivity index (χ0) is 34.1. The van der Waals surface area contributed by atoms with E-state index in [1.807, 2.05) is 42.6 Å². The Labute approximate surface area is 302 Å². The predicted molar refractivity (Wildman–Crippen MR) is 221 cm³/mol. The van der Waals surface area contributed by atoms with Crippen molar-refractivity contribution in [1.82, 2.24) is 0 Å². The van der Waals surface area contributed by atoms with Gasteiger partial charge in [-0.15, -0.1) is 11.3 Å². The second-order valence-electron chi connectivity index (χ2n) is 12.6. The van der Waals surface area contributed by atoms with E-state index >= 15 is 0 Å². The number of thiophene rings is 1. The number of anilines is 1. The number of aliphatic imine (C=N–C) groups is 2. The fraction of sp³-hybridized carbons (Fsp3) is 0.0222. The molecule has 2 aromatic heterocycles. The predicted octanol–water partition coefficient (Wildman–Crippen LogP) is 13.1. The Morgan fingerprint density at radius 2 is 1.35 bits per heavy atom. The van der Waals surface area contributed by atoms with Gasteiger partial charge in [0.05, 0.1) is 22.0 Å². The van der Waals surface area contributed by atoms with Crippen LogP contribution in [0.5, 0.6) is 0 Å². The van der Waals surface area contributed by atoms with E-state index in [0.717, 1.165) is 82.2 Å². The van der Waals surface area contributed by atoms with Gasteiger partial charge in [0, 0.05) is 76.2 Å². The summed E-state index contributed by atoms with van der Waals surface area (Å²) >= 11 is 3.54. The SMILES string of the molecule is C=N/C(=C1/Sc2ccccc2C1=Nc1c(-c2ccccc2NC)c2ccccc2c2sc3ccccc3c12)c1ccc2oc3ccccc3c2c1. The van der Waals surface area contributed by atoms with Crippen molar-refractivity contribution in [3.8, 4) is 11.1 Å². The summed E-state index contributed by atoms with van der Waals surface area (Å²) in [7, 11) is 1.98. The van der Waals surface area contributed by atoms with Crippen LogP contribution in [-0.2, 0) is 0 Å². The molecule has 0 atom stereocenters. The lowest BCUT2D eigenvalue weighted by atomic mass is 9.92. The molecule has 0 aliphatic carbocycles. The summed E-state index contributed by atoms with van der Waals surface area (Å²) in [6.45, 7) is 4.12. The van der Waals surface area contributed by atoms with Crippen LogP contribution in [0.1, 0.15) is 11.1 Å². The summed E-state index contributed by atoms with van der Waals surface area (Å²) in [6.07, 6.45) is 0. The molecule has 3 heterocycles. The Bertz CT molecular complexity index is 2970. The molecule has 0 spiro atoms. The molecule has 7 aromatic carbocycles. The van der Waals surface area contributed by atoms with Crippen LogP contribution in [0, 0.1) is 0 Å². The average molecular weight is 692 g/mol. The van der Waals surface area contributed by atoms with E-state index in [1.54, 1.807) is 11.8 Å². The topological polar surface area (TPSA) is 49.9 Å². The highest BCUT2D eigenvalue weighted by molar-refractivity contribution is 8.05. The Kier molecular flexibility index (Phi) is 6.94. The van der Waals surface area contributed by atoms with Gasteiger partial charge in [-0.25, -0.2) is 4.99 Å². The lowest BCUT2D eigenvalue weighted by molar-refractivity contribution is 0.669. The highest BCUT2D eigenvalue weighted by atomic mass is 32.2. The summed E-state index contributed by atoms with van der Waals surface area (Å²) in [5.74, 6) is 0. The van der Waals surface area contributed by atoms with Crippen LogP contribution in [-0.4, -0.2) is 19.5 Å². The van der Waals surface area contributed by atoms with Gasteiger partial charge in [0.25, 0.3) is 0 Å². The van der Waals surface area contributed by atoms with Crippen molar-refractivity contribution < 1.29 is 4.42 Å². The van der Waals surface area contributed by atoms with Gasteiger partial charge in [-0.2, -0.15) is 0 Å². The van der Waals surface area contributed by atoms with Gasteiger partial charge in [0.1, 0.15) is 11.2 Å². The Morgan fingerprint density at radius 3 is 2.20 bits per heavy atom. The number of nitrogens with one attached hydrogen (secondary N) is 1. The van der Waals surface area contributed by atoms with Crippen LogP contribution in [0.25, 0.3) is 69.7 Å². The summed E-state index contributed by atoms with van der Waals surface area (Å²) in [5, 5.41) is 10.4. The molecule has 0 saturated carbocycles. The number of benzene rings is 7. The summed E-state index contributed by atoms with van der Waals surface area (Å²) < 4.78 is 8.66. The van der Waals surface area contributed by atoms with Gasteiger partial charge in [0.2, 0.25) is 0 Å². The summed E-state index contributed by atoms with van der Waals surface area (Å²) in [4.78, 5) is 12.7. The maximum absolute atomic E-state index is 6.18. The molecular formula is C45H29N3OS2. The fourth-order valence-electron chi connectivity index (χ4n) is 7.51. The van der Waals surface area contributed by atoms with E-state index in [2.05, 4.69) is 127 Å². The molecule has 1 aliphatic heterocycles. The molecule has 0 unspecified atom stereocenters. The van der Waals surface area contributed by atoms with Crippen molar-refractivity contribution >= 4 is 105 Å². The van der Waals surface area contributed by atoms with E-state index < -0.39 is 0 Å². The highest BCUT2D eigenvalue weighted by Gasteiger charge is 2.30. The van der Waals surface area contributed by atoms with Crippen LogP contribution in [0.15, 0.2) is 164 Å². The number of rotatable bonds is 5. The minimum atomic E-state index is 0.798. The minimum absolute atomic E-state index is 0.798. The quantitative estimate of drug-likeness (QED) is 0.183. The number of hydrogen-bond donors (Lipinski definition) is 1. The van der Waals surface area contributed by atoms with Gasteiger partial charge in [-0.3, -0.25) is 4.99 Å². The number of allylic oxidation sites excluding steroid dienone is 1. The molecule has 0 amide bonds. The van der Waals surface area contributed by atoms with E-state index in [0.29, 0.717) is 0 Å². The second kappa shape index (κ2) is 11.8. The standard InChI is InChI=1S/C45H29N3OS2/c1-46-34-19-9-5-16-30(34)39-28-14-3-4-15-29(28)44-40(31-17-7-11-21-37(31)50-44)43(39)48-42-32-18-8-12-22-38(32)51-45(42)41(47-2)26-23-24-36-33(25-26)27-13-6-10-20-35(27)49-36/h3-25,46H,2H2,1H3/b45-41+,48-42?. The first-order chi connectivity index (χ1) is 25.2. The lowest BCUT2D eigenvalue weighted by Gasteiger charge is -2.17. The monoisotopic (exact) mass is 691 g/mol. The van der Waals surface area contributed by atoms with Gasteiger partial charge >= 0.3 is 0 Å². The minimum Gasteiger partial charge on any atom is -0.456 e. The van der Waals surface area contributed by atoms with Crippen LogP contribution in [0.4, 0.5) is 11.4 Å². The molecule has 242 valence electrons. The Balaban J connectivity index is 1.34. The van der Waals surface area contributed by atoms with Crippen molar-refractivity contribution in [2.24, 2.45) is 9.98 Å². The summed E-state index contributed by atoms with van der Waals surface area (Å²) in [5.41, 5.74) is 9.68. The average Bonchev–Trinajstić information content (AvgIpc) is 3.87. The van der Waals surface area contributed by atoms with Crippen LogP contribution >= 0.6 is 23.1 Å². The zero-order valence-electron chi connectivity index (χ0n) is 27.6. The van der Waals surface area contributed by atoms with Crippen LogP contribution in [0.3, 0.4) is 0 Å². The fourth-order valence-corrected chi connectivity index (χ4v) is 9.92. The largest absolute Gasteiger partial charge is 0.456 e. The molecule has 10 rings (SSSR count). The molecule has 9 aromatic rings. The number of fused-ring (bicyclic) bond motifs is 9. The van der Waals surface area contributed by atoms with E-state index in [-0.39, 0.29) is 0 Å². The van der Waals surface area contributed by atoms with Crippen molar-refractivity contribution in [3.05, 3.63) is 156 Å². The maximum Gasteiger partial charge on any atom is 0.135 e. The molecule has 0 bridgehead atoms. The normalized spacial score (nSPS) is 14.6. The van der Waals surface area contributed by atoms with Gasteiger partial charge in [0.15, 0.2) is 0 Å². The lowest BCUT2D eigenvalue weighted by Crippen LogP contribution is -2.01. The van der Waals surface area contributed by atoms with E-state index in [4.69, 9.17) is 14.4 Å². The van der Waals surface area contributed by atoms with Crippen LogP contribution < -0.4 is 5.32 Å². The third-order valence-electron chi connectivity index (χ3n) is 9.79. The van der Waals surface area contributed by atoms with Gasteiger partial charge < -0.3 is 9.73 Å². The molecule has 0 radical (unpaired) electrons. The molecular weight excluding hydrogens is 663 g/mol. The first-order valence-corrected chi connectivity index (χ1v) is 18.5. The highest BCUT2D eigenvalue weighted by Crippen LogP contribution is 2.53. The number of furan rings is 1. The number of nitrogens with zero attached hydrogens (tertiary/aromatic N) is 2. The smallest absolute Gasteiger partial charge is 0.135 e. The third-order valence-corrected chi connectivity index (χ3v) is 12.2. The molecule has 0 saturated heterocycles. The van der Waals surface area contributed by atoms with Gasteiger partial charge in [-0.05, 0) is 54.6 Å². The molecule has 0 fully saturated rings. The first-order valence-electron chi connectivity index (χ1n) is 16.8. The van der Waals surface area contributed by atoms with E-state index in [9.17, 15) is 0 Å². The van der Waals surface area contributed by atoms with E-state index in [1.165, 1.54) is 25.6 Å². The van der Waals surface area contributed by atoms with Crippen LogP contribution in [0.2, 0.25) is 0 Å². The molecule has 1 aliphatic rings. The number of thioether (sulfide) groups is 1. The molecule has 51 heavy (non-hydrogen) atoms. The van der Waals surface area contributed by atoms with Crippen molar-refractivity contribution in [2.75, 3.05) is 12.4 Å². The van der Waals surface area contributed by atoms with Crippen molar-refractivity contribution in [3.63, 3.8) is 0 Å². The molecule has 6 heteroatoms.